The highest BCUT2D eigenvalue weighted by atomic mass is 35.5. The zero-order valence-corrected chi connectivity index (χ0v) is 14.2. The SMILES string of the molecule is Cc1nc(NC(=O)c2sc3cccc(C)c3c2Cl)sc1C. The highest BCUT2D eigenvalue weighted by molar-refractivity contribution is 7.22. The predicted octanol–water partition coefficient (Wildman–Crippen LogP) is 5.19. The second-order valence-electron chi connectivity index (χ2n) is 4.81. The Morgan fingerprint density at radius 2 is 2.00 bits per heavy atom. The molecular weight excluding hydrogens is 324 g/mol. The molecular formula is C15H13ClN2OS2. The molecule has 0 fully saturated rings. The highest BCUT2D eigenvalue weighted by Gasteiger charge is 2.19. The number of nitrogens with one attached hydrogen (secondary N) is 1. The van der Waals surface area contributed by atoms with E-state index in [4.69, 9.17) is 11.6 Å². The van der Waals surface area contributed by atoms with E-state index in [9.17, 15) is 4.79 Å². The van der Waals surface area contributed by atoms with Crippen LogP contribution < -0.4 is 5.32 Å². The monoisotopic (exact) mass is 336 g/mol. The summed E-state index contributed by atoms with van der Waals surface area (Å²) in [5, 5.41) is 4.93. The van der Waals surface area contributed by atoms with Crippen molar-refractivity contribution in [1.82, 2.24) is 4.98 Å². The topological polar surface area (TPSA) is 42.0 Å². The van der Waals surface area contributed by atoms with Crippen LogP contribution in [0.5, 0.6) is 0 Å². The number of thiophene rings is 1. The van der Waals surface area contributed by atoms with Gasteiger partial charge in [0.1, 0.15) is 4.88 Å². The maximum absolute atomic E-state index is 12.4. The second kappa shape index (κ2) is 5.40. The number of aryl methyl sites for hydroxylation is 3. The summed E-state index contributed by atoms with van der Waals surface area (Å²) in [6, 6.07) is 5.95. The quantitative estimate of drug-likeness (QED) is 0.699. The van der Waals surface area contributed by atoms with Crippen LogP contribution in [0.1, 0.15) is 25.8 Å². The Hall–Kier alpha value is -1.43. The van der Waals surface area contributed by atoms with Crippen molar-refractivity contribution in [2.75, 3.05) is 5.32 Å². The molecule has 1 N–H and O–H groups in total. The number of fused-ring (bicyclic) bond motifs is 1. The lowest BCUT2D eigenvalue weighted by molar-refractivity contribution is 0.103. The summed E-state index contributed by atoms with van der Waals surface area (Å²) >= 11 is 9.27. The van der Waals surface area contributed by atoms with Crippen molar-refractivity contribution >= 4 is 55.4 Å². The summed E-state index contributed by atoms with van der Waals surface area (Å²) in [4.78, 5) is 18.4. The number of amides is 1. The van der Waals surface area contributed by atoms with E-state index in [0.717, 1.165) is 26.2 Å². The molecule has 2 heterocycles. The van der Waals surface area contributed by atoms with Gasteiger partial charge in [-0.15, -0.1) is 22.7 Å². The van der Waals surface area contributed by atoms with Crippen molar-refractivity contribution in [3.05, 3.63) is 44.2 Å². The Morgan fingerprint density at radius 3 is 2.62 bits per heavy atom. The van der Waals surface area contributed by atoms with Crippen LogP contribution in [0.3, 0.4) is 0 Å². The van der Waals surface area contributed by atoms with Crippen LogP contribution in [0.25, 0.3) is 10.1 Å². The molecule has 21 heavy (non-hydrogen) atoms. The van der Waals surface area contributed by atoms with E-state index in [1.54, 1.807) is 0 Å². The number of nitrogens with zero attached hydrogens (tertiary/aromatic N) is 1. The Bertz CT molecular complexity index is 831. The van der Waals surface area contributed by atoms with E-state index in [-0.39, 0.29) is 5.91 Å². The fourth-order valence-corrected chi connectivity index (χ4v) is 4.49. The van der Waals surface area contributed by atoms with E-state index in [0.29, 0.717) is 15.0 Å². The van der Waals surface area contributed by atoms with E-state index < -0.39 is 0 Å². The largest absolute Gasteiger partial charge is 0.297 e. The van der Waals surface area contributed by atoms with Crippen molar-refractivity contribution < 1.29 is 4.79 Å². The number of benzene rings is 1. The minimum Gasteiger partial charge on any atom is -0.297 e. The lowest BCUT2D eigenvalue weighted by Crippen LogP contribution is -2.10. The number of hydrogen-bond acceptors (Lipinski definition) is 4. The number of thiazole rings is 1. The first-order valence-electron chi connectivity index (χ1n) is 6.40. The van der Waals surface area contributed by atoms with Gasteiger partial charge >= 0.3 is 0 Å². The van der Waals surface area contributed by atoms with Gasteiger partial charge in [0.2, 0.25) is 0 Å². The number of aromatic nitrogens is 1. The van der Waals surface area contributed by atoms with E-state index in [1.807, 2.05) is 39.0 Å². The minimum absolute atomic E-state index is 0.200. The zero-order chi connectivity index (χ0) is 15.1. The maximum Gasteiger partial charge on any atom is 0.269 e. The standard InChI is InChI=1S/C15H13ClN2OS2/c1-7-5-4-6-10-11(7)12(16)13(21-10)14(19)18-15-17-8(2)9(3)20-15/h4-6H,1-3H3,(H,17,18,19). The summed E-state index contributed by atoms with van der Waals surface area (Å²) in [5.74, 6) is -0.200. The molecule has 0 saturated carbocycles. The first-order chi connectivity index (χ1) is 9.97. The second-order valence-corrected chi connectivity index (χ2v) is 7.44. The first kappa shape index (κ1) is 14.5. The number of anilines is 1. The summed E-state index contributed by atoms with van der Waals surface area (Å²) in [7, 11) is 0. The van der Waals surface area contributed by atoms with Gasteiger partial charge in [-0.2, -0.15) is 0 Å². The molecule has 3 rings (SSSR count). The zero-order valence-electron chi connectivity index (χ0n) is 11.8. The molecule has 0 aliphatic rings. The molecule has 0 spiro atoms. The maximum atomic E-state index is 12.4. The van der Waals surface area contributed by atoms with Gasteiger partial charge in [-0.1, -0.05) is 23.7 Å². The van der Waals surface area contributed by atoms with E-state index in [1.165, 1.54) is 22.7 Å². The van der Waals surface area contributed by atoms with Gasteiger partial charge in [-0.25, -0.2) is 4.98 Å². The highest BCUT2D eigenvalue weighted by Crippen LogP contribution is 2.37. The fourth-order valence-electron chi connectivity index (χ4n) is 2.10. The van der Waals surface area contributed by atoms with Crippen LogP contribution in [-0.2, 0) is 0 Å². The lowest BCUT2D eigenvalue weighted by Gasteiger charge is -1.99. The molecule has 0 saturated heterocycles. The van der Waals surface area contributed by atoms with Gasteiger partial charge in [-0.05, 0) is 32.4 Å². The van der Waals surface area contributed by atoms with Gasteiger partial charge in [0.05, 0.1) is 10.7 Å². The smallest absolute Gasteiger partial charge is 0.269 e. The molecule has 1 amide bonds. The molecule has 3 aromatic rings. The Balaban J connectivity index is 1.98. The molecule has 1 aromatic carbocycles. The Labute approximate surface area is 135 Å². The molecule has 0 bridgehead atoms. The summed E-state index contributed by atoms with van der Waals surface area (Å²) < 4.78 is 1.02. The van der Waals surface area contributed by atoms with Gasteiger partial charge in [-0.3, -0.25) is 10.1 Å². The number of rotatable bonds is 2. The van der Waals surface area contributed by atoms with Gasteiger partial charge in [0.25, 0.3) is 5.91 Å². The molecule has 2 aromatic heterocycles. The van der Waals surface area contributed by atoms with Crippen molar-refractivity contribution in [3.63, 3.8) is 0 Å². The van der Waals surface area contributed by atoms with Crippen molar-refractivity contribution in [1.29, 1.82) is 0 Å². The van der Waals surface area contributed by atoms with E-state index in [2.05, 4.69) is 10.3 Å². The average Bonchev–Trinajstić information content (AvgIpc) is 2.92. The van der Waals surface area contributed by atoms with Crippen molar-refractivity contribution in [3.8, 4) is 0 Å². The molecule has 0 atom stereocenters. The average molecular weight is 337 g/mol. The number of halogens is 1. The van der Waals surface area contributed by atoms with Crippen LogP contribution >= 0.6 is 34.3 Å². The van der Waals surface area contributed by atoms with Gasteiger partial charge < -0.3 is 0 Å². The number of carbonyl (C=O) groups is 1. The third-order valence-electron chi connectivity index (χ3n) is 3.32. The Kier molecular flexibility index (Phi) is 3.73. The van der Waals surface area contributed by atoms with Crippen LogP contribution in [0.2, 0.25) is 5.02 Å². The van der Waals surface area contributed by atoms with Crippen LogP contribution in [0, 0.1) is 20.8 Å². The van der Waals surface area contributed by atoms with E-state index >= 15 is 0 Å². The van der Waals surface area contributed by atoms with Gasteiger partial charge in [0, 0.05) is 15.0 Å². The molecule has 3 nitrogen and oxygen atoms in total. The van der Waals surface area contributed by atoms with Crippen LogP contribution in [-0.4, -0.2) is 10.9 Å². The predicted molar refractivity (Wildman–Crippen MR) is 91.1 cm³/mol. The van der Waals surface area contributed by atoms with Crippen molar-refractivity contribution in [2.24, 2.45) is 0 Å². The molecule has 108 valence electrons. The molecule has 0 aliphatic carbocycles. The third-order valence-corrected chi connectivity index (χ3v) is 5.95. The van der Waals surface area contributed by atoms with Crippen LogP contribution in [0.4, 0.5) is 5.13 Å². The van der Waals surface area contributed by atoms with Crippen LogP contribution in [0.15, 0.2) is 18.2 Å². The van der Waals surface area contributed by atoms with Gasteiger partial charge in [0.15, 0.2) is 5.13 Å². The molecule has 0 unspecified atom stereocenters. The lowest BCUT2D eigenvalue weighted by atomic mass is 10.1. The molecule has 0 radical (unpaired) electrons. The van der Waals surface area contributed by atoms with Crippen molar-refractivity contribution in [2.45, 2.75) is 20.8 Å². The third kappa shape index (κ3) is 2.57. The fraction of sp³-hybridized carbons (Fsp3) is 0.200. The normalized spacial score (nSPS) is 11.0. The minimum atomic E-state index is -0.200. The molecule has 0 aliphatic heterocycles. The number of hydrogen-bond donors (Lipinski definition) is 1. The Morgan fingerprint density at radius 1 is 1.24 bits per heavy atom. The first-order valence-corrected chi connectivity index (χ1v) is 8.41. The summed E-state index contributed by atoms with van der Waals surface area (Å²) in [6.45, 7) is 5.91. The summed E-state index contributed by atoms with van der Waals surface area (Å²) in [6.07, 6.45) is 0. The molecule has 6 heteroatoms. The number of carbonyl (C=O) groups excluding carboxylic acids is 1. The summed E-state index contributed by atoms with van der Waals surface area (Å²) in [5.41, 5.74) is 2.02.